The number of hydrogen-bond donors (Lipinski definition) is 1. The van der Waals surface area contributed by atoms with Crippen molar-refractivity contribution in [3.05, 3.63) is 54.0 Å². The first-order valence-corrected chi connectivity index (χ1v) is 11.0. The van der Waals surface area contributed by atoms with Crippen molar-refractivity contribution in [3.63, 3.8) is 0 Å². The molecule has 1 aromatic heterocycles. The van der Waals surface area contributed by atoms with Gasteiger partial charge in [0, 0.05) is 31.2 Å². The Morgan fingerprint density at radius 2 is 1.93 bits per heavy atom. The second kappa shape index (κ2) is 8.23. The third-order valence-corrected chi connectivity index (χ3v) is 6.92. The van der Waals surface area contributed by atoms with Gasteiger partial charge in [-0.15, -0.1) is 0 Å². The molecular formula is C24H32N2O3. The predicted octanol–water partition coefficient (Wildman–Crippen LogP) is 4.63. The summed E-state index contributed by atoms with van der Waals surface area (Å²) < 4.78 is 5.41. The molecule has 2 aliphatic rings. The minimum Gasteiger partial charge on any atom is -0.459 e. The van der Waals surface area contributed by atoms with E-state index in [1.807, 2.05) is 4.90 Å². The van der Waals surface area contributed by atoms with E-state index in [1.165, 1.54) is 5.69 Å². The second-order valence-corrected chi connectivity index (χ2v) is 8.39. The summed E-state index contributed by atoms with van der Waals surface area (Å²) in [7, 11) is 0. The van der Waals surface area contributed by atoms with E-state index >= 15 is 0 Å². The lowest BCUT2D eigenvalue weighted by Crippen LogP contribution is -2.56. The molecule has 5 nitrogen and oxygen atoms in total. The quantitative estimate of drug-likeness (QED) is 0.800. The van der Waals surface area contributed by atoms with Crippen LogP contribution in [0.3, 0.4) is 0 Å². The minimum atomic E-state index is -0.680. The zero-order chi connectivity index (χ0) is 20.4. The number of rotatable bonds is 5. The number of piperidine rings is 1. The molecular weight excluding hydrogens is 364 g/mol. The first-order valence-electron chi connectivity index (χ1n) is 11.0. The molecule has 1 aliphatic carbocycles. The summed E-state index contributed by atoms with van der Waals surface area (Å²) in [4.78, 5) is 17.5. The predicted molar refractivity (Wildman–Crippen MR) is 114 cm³/mol. The van der Waals surface area contributed by atoms with Gasteiger partial charge in [0.2, 0.25) is 0 Å². The fraction of sp³-hybridized carbons (Fsp3) is 0.542. The van der Waals surface area contributed by atoms with Crippen molar-refractivity contribution in [2.75, 3.05) is 24.5 Å². The number of hydrogen-bond acceptors (Lipinski definition) is 4. The van der Waals surface area contributed by atoms with Gasteiger partial charge >= 0.3 is 0 Å². The van der Waals surface area contributed by atoms with Crippen molar-refractivity contribution >= 4 is 11.6 Å². The number of anilines is 1. The average molecular weight is 397 g/mol. The number of nitrogens with zero attached hydrogens (tertiary/aromatic N) is 2. The van der Waals surface area contributed by atoms with Crippen LogP contribution in [0.1, 0.15) is 68.1 Å². The summed E-state index contributed by atoms with van der Waals surface area (Å²) >= 11 is 0. The first kappa shape index (κ1) is 20.0. The number of amides is 1. The molecule has 5 heteroatoms. The van der Waals surface area contributed by atoms with Gasteiger partial charge in [0.15, 0.2) is 5.76 Å². The highest BCUT2D eigenvalue weighted by Crippen LogP contribution is 2.49. The topological polar surface area (TPSA) is 56.9 Å². The number of aliphatic hydroxyl groups is 1. The van der Waals surface area contributed by atoms with Gasteiger partial charge < -0.3 is 19.3 Å². The van der Waals surface area contributed by atoms with Gasteiger partial charge in [-0.1, -0.05) is 25.0 Å². The Balaban J connectivity index is 1.70. The van der Waals surface area contributed by atoms with Crippen LogP contribution in [0.15, 0.2) is 47.1 Å². The van der Waals surface area contributed by atoms with Crippen LogP contribution in [0.25, 0.3) is 0 Å². The van der Waals surface area contributed by atoms with E-state index in [0.717, 1.165) is 44.3 Å². The van der Waals surface area contributed by atoms with E-state index in [4.69, 9.17) is 4.42 Å². The van der Waals surface area contributed by atoms with Gasteiger partial charge in [0.1, 0.15) is 0 Å². The summed E-state index contributed by atoms with van der Waals surface area (Å²) in [6.45, 7) is 6.79. The zero-order valence-corrected chi connectivity index (χ0v) is 17.5. The molecule has 1 saturated carbocycles. The monoisotopic (exact) mass is 396 g/mol. The van der Waals surface area contributed by atoms with Crippen LogP contribution in [0, 0.1) is 5.92 Å². The van der Waals surface area contributed by atoms with Gasteiger partial charge in [-0.3, -0.25) is 4.79 Å². The molecule has 0 unspecified atom stereocenters. The smallest absolute Gasteiger partial charge is 0.290 e. The molecule has 1 aromatic carbocycles. The molecule has 1 aliphatic heterocycles. The maximum Gasteiger partial charge on any atom is 0.290 e. The highest BCUT2D eigenvalue weighted by molar-refractivity contribution is 5.92. The number of benzene rings is 1. The lowest BCUT2D eigenvalue weighted by atomic mass is 9.66. The maximum absolute atomic E-state index is 13.2. The highest BCUT2D eigenvalue weighted by atomic mass is 16.3. The van der Waals surface area contributed by atoms with Gasteiger partial charge in [-0.2, -0.15) is 0 Å². The molecule has 2 aromatic rings. The van der Waals surface area contributed by atoms with E-state index in [0.29, 0.717) is 18.7 Å². The molecule has 1 saturated heterocycles. The van der Waals surface area contributed by atoms with Crippen LogP contribution in [0.4, 0.5) is 5.69 Å². The van der Waals surface area contributed by atoms with Crippen LogP contribution in [0.5, 0.6) is 0 Å². The first-order chi connectivity index (χ1) is 14.1. The van der Waals surface area contributed by atoms with Gasteiger partial charge in [0.05, 0.1) is 17.9 Å². The highest BCUT2D eigenvalue weighted by Gasteiger charge is 2.50. The lowest BCUT2D eigenvalue weighted by molar-refractivity contribution is -0.115. The molecule has 0 radical (unpaired) electrons. The molecule has 0 bridgehead atoms. The van der Waals surface area contributed by atoms with Crippen molar-refractivity contribution in [1.29, 1.82) is 0 Å². The van der Waals surface area contributed by atoms with Gasteiger partial charge in [0.25, 0.3) is 5.91 Å². The molecule has 156 valence electrons. The Morgan fingerprint density at radius 1 is 1.17 bits per heavy atom. The van der Waals surface area contributed by atoms with Crippen LogP contribution < -0.4 is 4.90 Å². The normalized spacial score (nSPS) is 26.8. The zero-order valence-electron chi connectivity index (χ0n) is 17.5. The van der Waals surface area contributed by atoms with Gasteiger partial charge in [-0.05, 0) is 62.9 Å². The molecule has 3 atom stereocenters. The van der Waals surface area contributed by atoms with E-state index in [9.17, 15) is 9.90 Å². The van der Waals surface area contributed by atoms with Crippen LogP contribution in [-0.4, -0.2) is 41.1 Å². The van der Waals surface area contributed by atoms with E-state index in [-0.39, 0.29) is 17.9 Å². The fourth-order valence-corrected chi connectivity index (χ4v) is 5.33. The van der Waals surface area contributed by atoms with Crippen LogP contribution in [0.2, 0.25) is 0 Å². The Morgan fingerprint density at radius 3 is 2.59 bits per heavy atom. The average Bonchev–Trinajstić information content (AvgIpc) is 3.28. The molecule has 2 heterocycles. The lowest BCUT2D eigenvalue weighted by Gasteiger charge is -2.52. The standard InChI is InChI=1S/C24H32N2O3/c1-3-25(4-2)19-12-10-18(11-13-19)22-20-8-5-6-14-24(20,28)15-16-26(22)23(27)21-9-7-17-29-21/h7,9-13,17,20,22,28H,3-6,8,14-16H2,1-2H3/t20-,22-,24-/m0/s1. The van der Waals surface area contributed by atoms with Crippen molar-refractivity contribution in [3.8, 4) is 0 Å². The Hall–Kier alpha value is -2.27. The third kappa shape index (κ3) is 3.68. The molecule has 1 amide bonds. The summed E-state index contributed by atoms with van der Waals surface area (Å²) in [6.07, 6.45) is 6.12. The van der Waals surface area contributed by atoms with Crippen molar-refractivity contribution < 1.29 is 14.3 Å². The second-order valence-electron chi connectivity index (χ2n) is 8.39. The van der Waals surface area contributed by atoms with Crippen LogP contribution in [-0.2, 0) is 0 Å². The number of carbonyl (C=O) groups excluding carboxylic acids is 1. The van der Waals surface area contributed by atoms with Crippen molar-refractivity contribution in [2.45, 2.75) is 57.6 Å². The van der Waals surface area contributed by atoms with E-state index in [2.05, 4.69) is 43.0 Å². The van der Waals surface area contributed by atoms with E-state index in [1.54, 1.807) is 18.4 Å². The fourth-order valence-electron chi connectivity index (χ4n) is 5.33. The SMILES string of the molecule is CCN(CC)c1ccc([C@H]2[C@@H]3CCCC[C@]3(O)CCN2C(=O)c2ccco2)cc1. The van der Waals surface area contributed by atoms with Crippen molar-refractivity contribution in [1.82, 2.24) is 4.90 Å². The Labute approximate surface area is 173 Å². The third-order valence-electron chi connectivity index (χ3n) is 6.92. The van der Waals surface area contributed by atoms with Gasteiger partial charge in [-0.25, -0.2) is 0 Å². The Kier molecular flexibility index (Phi) is 5.68. The molecule has 4 rings (SSSR count). The number of likely N-dealkylation sites (tertiary alicyclic amines) is 1. The molecule has 29 heavy (non-hydrogen) atoms. The molecule has 0 spiro atoms. The minimum absolute atomic E-state index is 0.0585. The molecule has 1 N–H and O–H groups in total. The largest absolute Gasteiger partial charge is 0.459 e. The number of furan rings is 1. The number of carbonyl (C=O) groups is 1. The van der Waals surface area contributed by atoms with Crippen LogP contribution >= 0.6 is 0 Å². The summed E-state index contributed by atoms with van der Waals surface area (Å²) in [5.74, 6) is 0.347. The number of fused-ring (bicyclic) bond motifs is 1. The summed E-state index contributed by atoms with van der Waals surface area (Å²) in [6, 6.07) is 11.9. The maximum atomic E-state index is 13.2. The summed E-state index contributed by atoms with van der Waals surface area (Å²) in [5, 5.41) is 11.4. The van der Waals surface area contributed by atoms with E-state index < -0.39 is 5.60 Å². The molecule has 2 fully saturated rings. The van der Waals surface area contributed by atoms with Crippen molar-refractivity contribution in [2.24, 2.45) is 5.92 Å². The Bertz CT molecular complexity index is 813. The summed E-state index contributed by atoms with van der Waals surface area (Å²) in [5.41, 5.74) is 1.61.